The predicted molar refractivity (Wildman–Crippen MR) is 154 cm³/mol. The highest BCUT2D eigenvalue weighted by Crippen LogP contribution is 2.40. The van der Waals surface area contributed by atoms with E-state index in [1.807, 2.05) is 18.0 Å². The van der Waals surface area contributed by atoms with E-state index in [2.05, 4.69) is 32.0 Å². The van der Waals surface area contributed by atoms with Crippen molar-refractivity contribution in [1.82, 2.24) is 20.2 Å². The van der Waals surface area contributed by atoms with Gasteiger partial charge in [0.05, 0.1) is 16.8 Å². The Labute approximate surface area is 240 Å². The summed E-state index contributed by atoms with van der Waals surface area (Å²) in [6.07, 6.45) is 3.10. The first-order valence-electron chi connectivity index (χ1n) is 13.7. The molecule has 0 spiro atoms. The number of hydrogen-bond donors (Lipinski definition) is 2. The van der Waals surface area contributed by atoms with E-state index in [0.29, 0.717) is 41.5 Å². The van der Waals surface area contributed by atoms with Gasteiger partial charge in [-0.1, -0.05) is 23.6 Å². The number of pyridine rings is 2. The SMILES string of the molecule is CN1CC(F)CC1C#Cc1cc(N2CC3CCC(C2)N3)c2cnc(-c3cc(O)cc4ccc(F)c(Cl)c34)c(F)c2n1. The molecule has 3 aliphatic rings. The average Bonchev–Trinajstić information content (AvgIpc) is 3.46. The summed E-state index contributed by atoms with van der Waals surface area (Å²) in [6, 6.07) is 7.73. The van der Waals surface area contributed by atoms with Crippen LogP contribution < -0.4 is 10.2 Å². The van der Waals surface area contributed by atoms with Gasteiger partial charge in [-0.15, -0.1) is 0 Å². The third-order valence-corrected chi connectivity index (χ3v) is 8.81. The van der Waals surface area contributed by atoms with Crippen LogP contribution in [0, 0.1) is 23.5 Å². The molecule has 0 aliphatic carbocycles. The van der Waals surface area contributed by atoms with E-state index < -0.39 is 17.8 Å². The lowest BCUT2D eigenvalue weighted by atomic mass is 9.99. The lowest BCUT2D eigenvalue weighted by Gasteiger charge is -2.35. The molecule has 41 heavy (non-hydrogen) atoms. The highest BCUT2D eigenvalue weighted by molar-refractivity contribution is 6.37. The minimum Gasteiger partial charge on any atom is -0.508 e. The minimum atomic E-state index is -0.935. The van der Waals surface area contributed by atoms with Crippen molar-refractivity contribution in [3.05, 3.63) is 58.9 Å². The summed E-state index contributed by atoms with van der Waals surface area (Å²) in [7, 11) is 1.83. The summed E-state index contributed by atoms with van der Waals surface area (Å²) in [6.45, 7) is 1.84. The highest BCUT2D eigenvalue weighted by atomic mass is 35.5. The molecule has 2 bridgehead atoms. The number of hydrogen-bond acceptors (Lipinski definition) is 6. The van der Waals surface area contributed by atoms with E-state index in [9.17, 15) is 13.9 Å². The summed E-state index contributed by atoms with van der Waals surface area (Å²) in [5.41, 5.74) is 1.27. The molecule has 4 atom stereocenters. The van der Waals surface area contributed by atoms with Crippen molar-refractivity contribution >= 4 is 39.0 Å². The van der Waals surface area contributed by atoms with E-state index in [-0.39, 0.29) is 39.0 Å². The van der Waals surface area contributed by atoms with Gasteiger partial charge in [-0.25, -0.2) is 18.2 Å². The van der Waals surface area contributed by atoms with Crippen molar-refractivity contribution in [2.24, 2.45) is 0 Å². The number of alkyl halides is 1. The van der Waals surface area contributed by atoms with Gasteiger partial charge < -0.3 is 15.3 Å². The van der Waals surface area contributed by atoms with Crippen LogP contribution >= 0.6 is 11.6 Å². The summed E-state index contributed by atoms with van der Waals surface area (Å²) < 4.78 is 44.9. The van der Waals surface area contributed by atoms with Crippen LogP contribution in [0.5, 0.6) is 5.75 Å². The maximum absolute atomic E-state index is 16.5. The number of phenols is 1. The van der Waals surface area contributed by atoms with Crippen LogP contribution in [0.2, 0.25) is 5.02 Å². The second-order valence-corrected chi connectivity index (χ2v) is 11.6. The fraction of sp³-hybridized carbons (Fsp3) is 0.355. The van der Waals surface area contributed by atoms with Crippen molar-refractivity contribution in [2.75, 3.05) is 31.6 Å². The van der Waals surface area contributed by atoms with Crippen LogP contribution in [0.3, 0.4) is 0 Å². The number of benzene rings is 2. The molecule has 5 heterocycles. The lowest BCUT2D eigenvalue weighted by molar-refractivity contribution is 0.313. The Hall–Kier alpha value is -3.58. The molecule has 7 rings (SSSR count). The molecular weight excluding hydrogens is 551 g/mol. The number of piperazine rings is 1. The van der Waals surface area contributed by atoms with Crippen LogP contribution in [-0.2, 0) is 0 Å². The molecule has 3 fully saturated rings. The Morgan fingerprint density at radius 2 is 1.88 bits per heavy atom. The fourth-order valence-electron chi connectivity index (χ4n) is 6.47. The summed E-state index contributed by atoms with van der Waals surface area (Å²) in [5, 5.41) is 15.1. The lowest BCUT2D eigenvalue weighted by Crippen LogP contribution is -2.51. The number of nitrogens with zero attached hydrogens (tertiary/aromatic N) is 4. The predicted octanol–water partition coefficient (Wildman–Crippen LogP) is 5.42. The van der Waals surface area contributed by atoms with Crippen molar-refractivity contribution in [3.63, 3.8) is 0 Å². The molecule has 10 heteroatoms. The number of nitrogens with one attached hydrogen (secondary N) is 1. The molecule has 2 aromatic carbocycles. The molecule has 2 N–H and O–H groups in total. The molecule has 3 aliphatic heterocycles. The zero-order valence-electron chi connectivity index (χ0n) is 22.3. The molecule has 3 saturated heterocycles. The highest BCUT2D eigenvalue weighted by Gasteiger charge is 2.33. The Kier molecular flexibility index (Phi) is 6.45. The fourth-order valence-corrected chi connectivity index (χ4v) is 6.75. The van der Waals surface area contributed by atoms with Gasteiger partial charge in [0.2, 0.25) is 0 Å². The number of likely N-dealkylation sites (tertiary alicyclic amines) is 1. The average molecular weight is 578 g/mol. The Balaban J connectivity index is 1.42. The number of halogens is 4. The quantitative estimate of drug-likeness (QED) is 0.310. The molecule has 4 aromatic rings. The molecule has 0 saturated carbocycles. The van der Waals surface area contributed by atoms with Crippen LogP contribution in [0.15, 0.2) is 36.5 Å². The Morgan fingerprint density at radius 3 is 2.61 bits per heavy atom. The van der Waals surface area contributed by atoms with Crippen LogP contribution in [0.25, 0.3) is 32.9 Å². The number of aromatic hydroxyl groups is 1. The molecule has 0 radical (unpaired) electrons. The molecule has 6 nitrogen and oxygen atoms in total. The van der Waals surface area contributed by atoms with Gasteiger partial charge >= 0.3 is 0 Å². The van der Waals surface area contributed by atoms with E-state index >= 15 is 4.39 Å². The van der Waals surface area contributed by atoms with Gasteiger partial charge in [0.25, 0.3) is 0 Å². The molecule has 0 amide bonds. The number of rotatable bonds is 2. The van der Waals surface area contributed by atoms with Crippen LogP contribution in [0.4, 0.5) is 18.9 Å². The molecule has 210 valence electrons. The second-order valence-electron chi connectivity index (χ2n) is 11.3. The molecular formula is C31H27ClF3N5O. The molecule has 2 aromatic heterocycles. The zero-order chi connectivity index (χ0) is 28.4. The first-order valence-corrected chi connectivity index (χ1v) is 14.1. The number of phenolic OH excluding ortho intramolecular Hbond substituents is 1. The van der Waals surface area contributed by atoms with E-state index in [4.69, 9.17) is 11.6 Å². The van der Waals surface area contributed by atoms with E-state index in [1.54, 1.807) is 6.20 Å². The number of fused-ring (bicyclic) bond motifs is 4. The standard InChI is InChI=1S/C31H27ClF3N5O/c1-39-13-17(33)9-21(39)6-5-18-10-26(40-14-19-3-4-20(15-40)37-19)24-12-36-30(29(35)31(24)38-18)23-11-22(41)8-16-2-7-25(34)28(32)27(16)23/h2,7-8,10-12,17,19-21,37,41H,3-4,9,13-15H2,1H3. The van der Waals surface area contributed by atoms with Crippen LogP contribution in [-0.4, -0.2) is 71.0 Å². The van der Waals surface area contributed by atoms with Gasteiger partial charge in [0, 0.05) is 60.7 Å². The Morgan fingerprint density at radius 1 is 1.10 bits per heavy atom. The first kappa shape index (κ1) is 26.3. The third-order valence-electron chi connectivity index (χ3n) is 8.44. The third kappa shape index (κ3) is 4.64. The first-order chi connectivity index (χ1) is 19.7. The number of anilines is 1. The van der Waals surface area contributed by atoms with Crippen molar-refractivity contribution in [1.29, 1.82) is 0 Å². The Bertz CT molecular complexity index is 1760. The van der Waals surface area contributed by atoms with Crippen molar-refractivity contribution in [3.8, 4) is 28.8 Å². The number of aromatic nitrogens is 2. The van der Waals surface area contributed by atoms with E-state index in [0.717, 1.165) is 31.6 Å². The maximum atomic E-state index is 16.5. The maximum Gasteiger partial charge on any atom is 0.175 e. The van der Waals surface area contributed by atoms with Gasteiger partial charge in [-0.2, -0.15) is 0 Å². The second kappa shape index (κ2) is 10.1. The van der Waals surface area contributed by atoms with Gasteiger partial charge in [-0.3, -0.25) is 9.88 Å². The summed E-state index contributed by atoms with van der Waals surface area (Å²) in [5.74, 6) is 4.69. The largest absolute Gasteiger partial charge is 0.508 e. The normalized spacial score (nSPS) is 24.3. The summed E-state index contributed by atoms with van der Waals surface area (Å²) in [4.78, 5) is 13.2. The van der Waals surface area contributed by atoms with Gasteiger partial charge in [0.15, 0.2) is 5.82 Å². The van der Waals surface area contributed by atoms with Crippen LogP contribution in [0.1, 0.15) is 25.0 Å². The summed E-state index contributed by atoms with van der Waals surface area (Å²) >= 11 is 6.33. The minimum absolute atomic E-state index is 0.0647. The van der Waals surface area contributed by atoms with Crippen molar-refractivity contribution < 1.29 is 18.3 Å². The van der Waals surface area contributed by atoms with Crippen molar-refractivity contribution in [2.45, 2.75) is 43.6 Å². The topological polar surface area (TPSA) is 64.5 Å². The monoisotopic (exact) mass is 577 g/mol. The smallest absolute Gasteiger partial charge is 0.175 e. The zero-order valence-corrected chi connectivity index (χ0v) is 23.0. The van der Waals surface area contributed by atoms with Gasteiger partial charge in [-0.05, 0) is 55.5 Å². The molecule has 4 unspecified atom stereocenters. The van der Waals surface area contributed by atoms with Gasteiger partial charge in [0.1, 0.15) is 34.6 Å². The van der Waals surface area contributed by atoms with E-state index in [1.165, 1.54) is 24.3 Å².